The molecule has 0 saturated heterocycles. The second-order valence-corrected chi connectivity index (χ2v) is 4.81. The Kier molecular flexibility index (Phi) is 3.59. The van der Waals surface area contributed by atoms with Gasteiger partial charge in [-0.2, -0.15) is 4.68 Å². The summed E-state index contributed by atoms with van der Waals surface area (Å²) in [5.74, 6) is 0.755. The number of hydrogen-bond donors (Lipinski definition) is 1. The van der Waals surface area contributed by atoms with E-state index in [2.05, 4.69) is 32.7 Å². The number of nitrogens with one attached hydrogen (secondary N) is 1. The Bertz CT molecular complexity index is 722. The average molecular weight is 280 g/mol. The highest BCUT2D eigenvalue weighted by Gasteiger charge is 2.08. The van der Waals surface area contributed by atoms with E-state index in [-0.39, 0.29) is 6.04 Å². The van der Waals surface area contributed by atoms with Gasteiger partial charge in [-0.1, -0.05) is 12.1 Å². The minimum Gasteiger partial charge on any atom is -0.377 e. The van der Waals surface area contributed by atoms with Crippen molar-refractivity contribution >= 4 is 5.69 Å². The second kappa shape index (κ2) is 5.70. The van der Waals surface area contributed by atoms with Gasteiger partial charge in [0.1, 0.15) is 0 Å². The van der Waals surface area contributed by atoms with Crippen LogP contribution in [0.1, 0.15) is 24.5 Å². The molecule has 106 valence electrons. The minimum atomic E-state index is 0.122. The lowest BCUT2D eigenvalue weighted by atomic mass is 10.2. The Morgan fingerprint density at radius 3 is 2.76 bits per heavy atom. The smallest absolute Gasteiger partial charge is 0.153 e. The zero-order valence-corrected chi connectivity index (χ0v) is 11.9. The summed E-state index contributed by atoms with van der Waals surface area (Å²) in [6, 6.07) is 14.0. The molecule has 1 atom stereocenters. The third-order valence-electron chi connectivity index (χ3n) is 3.23. The molecule has 0 fully saturated rings. The third kappa shape index (κ3) is 2.89. The molecule has 2 aromatic heterocycles. The molecule has 0 spiro atoms. The van der Waals surface area contributed by atoms with Gasteiger partial charge in [-0.25, -0.2) is 0 Å². The monoisotopic (exact) mass is 280 g/mol. The van der Waals surface area contributed by atoms with Crippen molar-refractivity contribution in [3.8, 4) is 5.69 Å². The van der Waals surface area contributed by atoms with Crippen LogP contribution in [0.3, 0.4) is 0 Å². The summed E-state index contributed by atoms with van der Waals surface area (Å²) in [6.07, 6.45) is 1.80. The second-order valence-electron chi connectivity index (χ2n) is 4.81. The number of rotatable bonds is 4. The number of pyridine rings is 1. The topological polar surface area (TPSA) is 68.5 Å². The Labute approximate surface area is 122 Å². The van der Waals surface area contributed by atoms with E-state index in [4.69, 9.17) is 0 Å². The first-order valence-corrected chi connectivity index (χ1v) is 6.77. The van der Waals surface area contributed by atoms with E-state index in [9.17, 15) is 0 Å². The van der Waals surface area contributed by atoms with E-state index in [1.807, 2.05) is 49.4 Å². The average Bonchev–Trinajstić information content (AvgIpc) is 2.94. The van der Waals surface area contributed by atoms with Crippen molar-refractivity contribution in [1.29, 1.82) is 0 Å². The zero-order chi connectivity index (χ0) is 14.7. The summed E-state index contributed by atoms with van der Waals surface area (Å²) in [4.78, 5) is 4.36. The largest absolute Gasteiger partial charge is 0.377 e. The standard InChI is InChI=1S/C15H16N6/c1-11(15-8-3-4-9-16-15)17-13-6-5-7-14(10-13)21-12(2)18-19-20-21/h3-11,17H,1-2H3. The highest BCUT2D eigenvalue weighted by Crippen LogP contribution is 2.20. The Balaban J connectivity index is 1.82. The highest BCUT2D eigenvalue weighted by atomic mass is 15.5. The zero-order valence-electron chi connectivity index (χ0n) is 11.9. The summed E-state index contributed by atoms with van der Waals surface area (Å²) in [5.41, 5.74) is 2.93. The molecule has 21 heavy (non-hydrogen) atoms. The fourth-order valence-electron chi connectivity index (χ4n) is 2.15. The molecule has 3 aromatic rings. The number of tetrazole rings is 1. The third-order valence-corrected chi connectivity index (χ3v) is 3.23. The van der Waals surface area contributed by atoms with Gasteiger partial charge in [0, 0.05) is 11.9 Å². The number of aromatic nitrogens is 5. The van der Waals surface area contributed by atoms with Gasteiger partial charge in [-0.15, -0.1) is 5.10 Å². The summed E-state index contributed by atoms with van der Waals surface area (Å²) in [7, 11) is 0. The molecule has 1 aromatic carbocycles. The van der Waals surface area contributed by atoms with Gasteiger partial charge in [0.15, 0.2) is 5.82 Å². The number of benzene rings is 1. The van der Waals surface area contributed by atoms with Crippen LogP contribution >= 0.6 is 0 Å². The summed E-state index contributed by atoms with van der Waals surface area (Å²) in [5, 5.41) is 15.0. The number of hydrogen-bond acceptors (Lipinski definition) is 5. The van der Waals surface area contributed by atoms with Crippen LogP contribution in [-0.4, -0.2) is 25.2 Å². The molecule has 0 aliphatic carbocycles. The lowest BCUT2D eigenvalue weighted by Crippen LogP contribution is -2.08. The molecular weight excluding hydrogens is 264 g/mol. The summed E-state index contributed by atoms with van der Waals surface area (Å²) < 4.78 is 1.70. The van der Waals surface area contributed by atoms with Gasteiger partial charge < -0.3 is 5.32 Å². The molecule has 0 bridgehead atoms. The van der Waals surface area contributed by atoms with Gasteiger partial charge >= 0.3 is 0 Å². The molecule has 6 heteroatoms. The predicted molar refractivity (Wildman–Crippen MR) is 80.2 cm³/mol. The molecule has 0 amide bonds. The van der Waals surface area contributed by atoms with E-state index >= 15 is 0 Å². The molecule has 1 unspecified atom stereocenters. The van der Waals surface area contributed by atoms with Crippen LogP contribution < -0.4 is 5.32 Å². The van der Waals surface area contributed by atoms with Gasteiger partial charge in [0.05, 0.1) is 17.4 Å². The van der Waals surface area contributed by atoms with E-state index < -0.39 is 0 Å². The maximum atomic E-state index is 4.36. The van der Waals surface area contributed by atoms with Gasteiger partial charge in [0.25, 0.3) is 0 Å². The van der Waals surface area contributed by atoms with E-state index in [0.29, 0.717) is 0 Å². The SMILES string of the molecule is Cc1nnnn1-c1cccc(NC(C)c2ccccn2)c1. The van der Waals surface area contributed by atoms with Crippen molar-refractivity contribution in [3.63, 3.8) is 0 Å². The first kappa shape index (κ1) is 13.2. The maximum Gasteiger partial charge on any atom is 0.153 e. The Morgan fingerprint density at radius 2 is 2.05 bits per heavy atom. The van der Waals surface area contributed by atoms with Crippen molar-refractivity contribution in [2.45, 2.75) is 19.9 Å². The molecule has 0 radical (unpaired) electrons. The van der Waals surface area contributed by atoms with Gasteiger partial charge in [0.2, 0.25) is 0 Å². The van der Waals surface area contributed by atoms with E-state index in [1.165, 1.54) is 0 Å². The van der Waals surface area contributed by atoms with Crippen molar-refractivity contribution in [2.75, 3.05) is 5.32 Å². The van der Waals surface area contributed by atoms with Crippen molar-refractivity contribution < 1.29 is 0 Å². The molecule has 1 N–H and O–H groups in total. The first-order valence-electron chi connectivity index (χ1n) is 6.77. The van der Waals surface area contributed by atoms with Crippen LogP contribution in [0.4, 0.5) is 5.69 Å². The summed E-state index contributed by atoms with van der Waals surface area (Å²) in [6.45, 7) is 3.95. The molecule has 0 saturated carbocycles. The van der Waals surface area contributed by atoms with Crippen LogP contribution in [0.5, 0.6) is 0 Å². The molecule has 0 aliphatic rings. The number of anilines is 1. The maximum absolute atomic E-state index is 4.36. The van der Waals surface area contributed by atoms with Crippen LogP contribution in [0.15, 0.2) is 48.7 Å². The van der Waals surface area contributed by atoms with Crippen LogP contribution in [0, 0.1) is 6.92 Å². The first-order chi connectivity index (χ1) is 10.2. The van der Waals surface area contributed by atoms with Crippen LogP contribution in [0.2, 0.25) is 0 Å². The molecule has 0 aliphatic heterocycles. The predicted octanol–water partition coefficient (Wildman–Crippen LogP) is 2.54. The number of nitrogens with zero attached hydrogens (tertiary/aromatic N) is 5. The lowest BCUT2D eigenvalue weighted by molar-refractivity contribution is 0.778. The Hall–Kier alpha value is -2.76. The summed E-state index contributed by atoms with van der Waals surface area (Å²) >= 11 is 0. The highest BCUT2D eigenvalue weighted by molar-refractivity contribution is 5.52. The van der Waals surface area contributed by atoms with Gasteiger partial charge in [-0.3, -0.25) is 4.98 Å². The minimum absolute atomic E-state index is 0.122. The van der Waals surface area contributed by atoms with E-state index in [1.54, 1.807) is 10.9 Å². The fourth-order valence-corrected chi connectivity index (χ4v) is 2.15. The lowest BCUT2D eigenvalue weighted by Gasteiger charge is -2.15. The molecule has 3 rings (SSSR count). The van der Waals surface area contributed by atoms with E-state index in [0.717, 1.165) is 22.9 Å². The van der Waals surface area contributed by atoms with Crippen LogP contribution in [0.25, 0.3) is 5.69 Å². The Morgan fingerprint density at radius 1 is 1.14 bits per heavy atom. The fraction of sp³-hybridized carbons (Fsp3) is 0.200. The number of aryl methyl sites for hydroxylation is 1. The van der Waals surface area contributed by atoms with Crippen molar-refractivity contribution in [3.05, 3.63) is 60.2 Å². The molecular formula is C15H16N6. The van der Waals surface area contributed by atoms with Gasteiger partial charge in [-0.05, 0) is 54.6 Å². The molecule has 2 heterocycles. The van der Waals surface area contributed by atoms with Crippen molar-refractivity contribution in [1.82, 2.24) is 25.2 Å². The van der Waals surface area contributed by atoms with Crippen molar-refractivity contribution in [2.24, 2.45) is 0 Å². The van der Waals surface area contributed by atoms with Crippen LogP contribution in [-0.2, 0) is 0 Å². The molecule has 6 nitrogen and oxygen atoms in total. The normalized spacial score (nSPS) is 12.1. The quantitative estimate of drug-likeness (QED) is 0.795.